The quantitative estimate of drug-likeness (QED) is 0.843. The Morgan fingerprint density at radius 3 is 2.89 bits per heavy atom. The van der Waals surface area contributed by atoms with Crippen molar-refractivity contribution in [3.63, 3.8) is 0 Å². The number of rotatable bonds is 3. The van der Waals surface area contributed by atoms with Gasteiger partial charge < -0.3 is 10.4 Å². The molecule has 0 aliphatic heterocycles. The van der Waals surface area contributed by atoms with E-state index in [9.17, 15) is 4.79 Å². The second-order valence-electron chi connectivity index (χ2n) is 3.74. The predicted octanol–water partition coefficient (Wildman–Crippen LogP) is 0.863. The molecule has 0 aliphatic carbocycles. The van der Waals surface area contributed by atoms with Crippen molar-refractivity contribution in [1.82, 2.24) is 25.1 Å². The Bertz CT molecular complexity index is 627. The van der Waals surface area contributed by atoms with Crippen molar-refractivity contribution in [2.24, 2.45) is 0 Å². The second-order valence-corrected chi connectivity index (χ2v) is 3.74. The van der Waals surface area contributed by atoms with E-state index < -0.39 is 12.1 Å². The highest BCUT2D eigenvalue weighted by Crippen LogP contribution is 2.08. The molecule has 2 aromatic rings. The van der Waals surface area contributed by atoms with Gasteiger partial charge in [-0.15, -0.1) is 5.10 Å². The lowest BCUT2D eigenvalue weighted by atomic mass is 10.3. The van der Waals surface area contributed by atoms with E-state index >= 15 is 0 Å². The van der Waals surface area contributed by atoms with E-state index in [1.165, 1.54) is 17.2 Å². The van der Waals surface area contributed by atoms with Crippen molar-refractivity contribution in [2.75, 3.05) is 0 Å². The Morgan fingerprint density at radius 2 is 2.32 bits per heavy atom. The van der Waals surface area contributed by atoms with E-state index in [4.69, 9.17) is 10.4 Å². The Hall–Kier alpha value is -2.95. The number of aromatic nitrogens is 4. The Morgan fingerprint density at radius 1 is 1.53 bits per heavy atom. The minimum atomic E-state index is -1.14. The molecule has 1 atom stereocenters. The zero-order valence-electron chi connectivity index (χ0n) is 9.98. The molecule has 8 nitrogen and oxygen atoms in total. The molecule has 0 radical (unpaired) electrons. The van der Waals surface area contributed by atoms with E-state index in [1.54, 1.807) is 19.1 Å². The number of amides is 1. The standard InChI is InChI=1S/C11H10N6O2/c1-7(15-11(18)19)10-14-6-17(16-10)9-3-2-8(4-12)5-13-9/h2-3,5-7,15H,1H3,(H,18,19)/t7-/m0/s1. The van der Waals surface area contributed by atoms with Crippen LogP contribution in [-0.2, 0) is 0 Å². The average Bonchev–Trinajstić information content (AvgIpc) is 2.88. The summed E-state index contributed by atoms with van der Waals surface area (Å²) in [6, 6.07) is 4.70. The van der Waals surface area contributed by atoms with Crippen LogP contribution in [0.2, 0.25) is 0 Å². The topological polar surface area (TPSA) is 117 Å². The molecule has 0 fully saturated rings. The second kappa shape index (κ2) is 5.14. The van der Waals surface area contributed by atoms with Gasteiger partial charge in [-0.05, 0) is 19.1 Å². The molecule has 0 saturated heterocycles. The molecule has 96 valence electrons. The van der Waals surface area contributed by atoms with E-state index in [0.29, 0.717) is 17.2 Å². The maximum atomic E-state index is 10.5. The largest absolute Gasteiger partial charge is 0.465 e. The first kappa shape index (κ1) is 12.5. The maximum absolute atomic E-state index is 10.5. The van der Waals surface area contributed by atoms with Crippen LogP contribution in [-0.4, -0.2) is 30.9 Å². The Kier molecular flexibility index (Phi) is 3.38. The van der Waals surface area contributed by atoms with Crippen LogP contribution in [0.15, 0.2) is 24.7 Å². The summed E-state index contributed by atoms with van der Waals surface area (Å²) in [6.07, 6.45) is 1.72. The Labute approximate surface area is 108 Å². The van der Waals surface area contributed by atoms with Crippen LogP contribution in [0.3, 0.4) is 0 Å². The number of carbonyl (C=O) groups is 1. The van der Waals surface area contributed by atoms with Crippen molar-refractivity contribution in [2.45, 2.75) is 13.0 Å². The first-order valence-corrected chi connectivity index (χ1v) is 5.37. The van der Waals surface area contributed by atoms with Gasteiger partial charge in [0.25, 0.3) is 0 Å². The molecule has 0 saturated carbocycles. The van der Waals surface area contributed by atoms with Gasteiger partial charge >= 0.3 is 6.09 Å². The Balaban J connectivity index is 2.20. The molecule has 8 heteroatoms. The molecule has 0 spiro atoms. The molecule has 0 bridgehead atoms. The summed E-state index contributed by atoms with van der Waals surface area (Å²) < 4.78 is 1.41. The molecular formula is C11H10N6O2. The first-order valence-electron chi connectivity index (χ1n) is 5.37. The highest BCUT2D eigenvalue weighted by molar-refractivity contribution is 5.64. The summed E-state index contributed by atoms with van der Waals surface area (Å²) in [5.41, 5.74) is 0.449. The first-order chi connectivity index (χ1) is 9.10. The smallest absolute Gasteiger partial charge is 0.405 e. The van der Waals surface area contributed by atoms with Crippen LogP contribution in [0.4, 0.5) is 4.79 Å². The summed E-state index contributed by atoms with van der Waals surface area (Å²) in [6.45, 7) is 1.64. The zero-order valence-corrected chi connectivity index (χ0v) is 9.98. The fourth-order valence-corrected chi connectivity index (χ4v) is 1.42. The van der Waals surface area contributed by atoms with Crippen LogP contribution in [0, 0.1) is 11.3 Å². The lowest BCUT2D eigenvalue weighted by molar-refractivity contribution is 0.190. The number of nitrogens with one attached hydrogen (secondary N) is 1. The van der Waals surface area contributed by atoms with E-state index in [2.05, 4.69) is 20.4 Å². The van der Waals surface area contributed by atoms with E-state index in [-0.39, 0.29) is 0 Å². The van der Waals surface area contributed by atoms with E-state index in [1.807, 2.05) is 6.07 Å². The van der Waals surface area contributed by atoms with Gasteiger partial charge in [-0.3, -0.25) is 0 Å². The van der Waals surface area contributed by atoms with Gasteiger partial charge in [0.1, 0.15) is 12.4 Å². The molecule has 2 rings (SSSR count). The fraction of sp³-hybridized carbons (Fsp3) is 0.182. The fourth-order valence-electron chi connectivity index (χ4n) is 1.42. The monoisotopic (exact) mass is 258 g/mol. The number of nitriles is 1. The lowest BCUT2D eigenvalue weighted by Crippen LogP contribution is -2.25. The van der Waals surface area contributed by atoms with Gasteiger partial charge in [-0.2, -0.15) is 5.26 Å². The molecule has 0 aliphatic rings. The zero-order chi connectivity index (χ0) is 13.8. The van der Waals surface area contributed by atoms with Crippen LogP contribution >= 0.6 is 0 Å². The summed E-state index contributed by atoms with van der Waals surface area (Å²) in [7, 11) is 0. The van der Waals surface area contributed by atoms with Gasteiger partial charge in [0.15, 0.2) is 11.6 Å². The third-order valence-corrected chi connectivity index (χ3v) is 2.35. The van der Waals surface area contributed by atoms with Gasteiger partial charge in [0.2, 0.25) is 0 Å². The molecule has 2 aromatic heterocycles. The van der Waals surface area contributed by atoms with Crippen molar-refractivity contribution in [3.05, 3.63) is 36.0 Å². The number of pyridine rings is 1. The number of carboxylic acid groups (broad SMARTS) is 1. The van der Waals surface area contributed by atoms with Crippen LogP contribution in [0.1, 0.15) is 24.4 Å². The SMILES string of the molecule is C[C@H](NC(=O)O)c1ncn(-c2ccc(C#N)cn2)n1. The van der Waals surface area contributed by atoms with Crippen LogP contribution in [0.5, 0.6) is 0 Å². The number of hydrogen-bond donors (Lipinski definition) is 2. The average molecular weight is 258 g/mol. The highest BCUT2D eigenvalue weighted by atomic mass is 16.4. The molecule has 0 unspecified atom stereocenters. The molecule has 2 heterocycles. The van der Waals surface area contributed by atoms with Gasteiger partial charge in [0.05, 0.1) is 11.6 Å². The van der Waals surface area contributed by atoms with Gasteiger partial charge in [-0.25, -0.2) is 19.4 Å². The van der Waals surface area contributed by atoms with Gasteiger partial charge in [0, 0.05) is 6.20 Å². The highest BCUT2D eigenvalue weighted by Gasteiger charge is 2.13. The van der Waals surface area contributed by atoms with Gasteiger partial charge in [-0.1, -0.05) is 0 Å². The molecule has 0 aromatic carbocycles. The van der Waals surface area contributed by atoms with E-state index in [0.717, 1.165) is 0 Å². The minimum Gasteiger partial charge on any atom is -0.465 e. The third-order valence-electron chi connectivity index (χ3n) is 2.35. The third kappa shape index (κ3) is 2.84. The summed E-state index contributed by atoms with van der Waals surface area (Å²) >= 11 is 0. The molecular weight excluding hydrogens is 248 g/mol. The molecule has 1 amide bonds. The minimum absolute atomic E-state index is 0.341. The number of hydrogen-bond acceptors (Lipinski definition) is 5. The van der Waals surface area contributed by atoms with Crippen molar-refractivity contribution in [3.8, 4) is 11.9 Å². The van der Waals surface area contributed by atoms with Crippen molar-refractivity contribution >= 4 is 6.09 Å². The summed E-state index contributed by atoms with van der Waals surface area (Å²) in [5, 5.41) is 23.7. The van der Waals surface area contributed by atoms with Crippen LogP contribution < -0.4 is 5.32 Å². The lowest BCUT2D eigenvalue weighted by Gasteiger charge is -2.05. The maximum Gasteiger partial charge on any atom is 0.405 e. The van der Waals surface area contributed by atoms with Crippen molar-refractivity contribution in [1.29, 1.82) is 5.26 Å². The van der Waals surface area contributed by atoms with Crippen molar-refractivity contribution < 1.29 is 9.90 Å². The predicted molar refractivity (Wildman–Crippen MR) is 63.4 cm³/mol. The molecule has 2 N–H and O–H groups in total. The van der Waals surface area contributed by atoms with Crippen LogP contribution in [0.25, 0.3) is 5.82 Å². The number of nitrogens with zero attached hydrogens (tertiary/aromatic N) is 5. The summed E-state index contributed by atoms with van der Waals surface area (Å²) in [4.78, 5) is 18.6. The normalized spacial score (nSPS) is 11.6. The molecule has 19 heavy (non-hydrogen) atoms. The summed E-state index contributed by atoms with van der Waals surface area (Å²) in [5.74, 6) is 0.842.